The second-order valence-electron chi connectivity index (χ2n) is 7.09. The van der Waals surface area contributed by atoms with Crippen LogP contribution < -0.4 is 10.9 Å². The van der Waals surface area contributed by atoms with Gasteiger partial charge in [0.25, 0.3) is 5.56 Å². The van der Waals surface area contributed by atoms with E-state index in [2.05, 4.69) is 20.3 Å². The Morgan fingerprint density at radius 3 is 2.68 bits per heavy atom. The molecule has 0 amide bonds. The molecular formula is C23H22ClN5O2. The third-order valence-electron chi connectivity index (χ3n) is 4.98. The van der Waals surface area contributed by atoms with E-state index in [1.807, 2.05) is 50.2 Å². The van der Waals surface area contributed by atoms with Crippen molar-refractivity contribution in [3.05, 3.63) is 69.7 Å². The van der Waals surface area contributed by atoms with Crippen LogP contribution in [0, 0.1) is 6.92 Å². The van der Waals surface area contributed by atoms with E-state index in [-0.39, 0.29) is 12.2 Å². The van der Waals surface area contributed by atoms with Crippen molar-refractivity contribution in [1.29, 1.82) is 0 Å². The van der Waals surface area contributed by atoms with E-state index < -0.39 is 0 Å². The lowest BCUT2D eigenvalue weighted by Crippen LogP contribution is -2.22. The van der Waals surface area contributed by atoms with E-state index in [0.717, 1.165) is 22.3 Å². The molecule has 8 heteroatoms. The standard InChI is InChI=1S/C23H22ClN5O2/c1-3-29-21-16(13-26-23(28-21)25-9-10-30)11-18(22(29)31)17-8-7-15(12-19(17)24)20-6-4-5-14(2)27-20/h4-8,11-13,30H,3,9-10H2,1-2H3,(H,25,26,28). The molecule has 3 heterocycles. The summed E-state index contributed by atoms with van der Waals surface area (Å²) < 4.78 is 1.60. The van der Waals surface area contributed by atoms with Crippen molar-refractivity contribution < 1.29 is 5.11 Å². The van der Waals surface area contributed by atoms with E-state index in [0.29, 0.717) is 40.8 Å². The molecule has 158 valence electrons. The van der Waals surface area contributed by atoms with Crippen LogP contribution in [0.2, 0.25) is 5.02 Å². The lowest BCUT2D eigenvalue weighted by atomic mass is 10.0. The molecule has 0 radical (unpaired) electrons. The first-order valence-corrected chi connectivity index (χ1v) is 10.4. The van der Waals surface area contributed by atoms with Crippen LogP contribution in [0.1, 0.15) is 12.6 Å². The van der Waals surface area contributed by atoms with Gasteiger partial charge < -0.3 is 10.4 Å². The Balaban J connectivity index is 1.82. The molecule has 0 aliphatic rings. The lowest BCUT2D eigenvalue weighted by molar-refractivity contribution is 0.311. The predicted molar refractivity (Wildman–Crippen MR) is 123 cm³/mol. The first kappa shape index (κ1) is 21.0. The number of hydrogen-bond acceptors (Lipinski definition) is 6. The molecule has 2 N–H and O–H groups in total. The average molecular weight is 436 g/mol. The maximum Gasteiger partial charge on any atom is 0.260 e. The number of aliphatic hydroxyl groups is 1. The van der Waals surface area contributed by atoms with Crippen molar-refractivity contribution in [2.45, 2.75) is 20.4 Å². The highest BCUT2D eigenvalue weighted by molar-refractivity contribution is 6.33. The van der Waals surface area contributed by atoms with Gasteiger partial charge in [0.2, 0.25) is 5.95 Å². The first-order valence-electron chi connectivity index (χ1n) is 10.0. The monoisotopic (exact) mass is 435 g/mol. The number of anilines is 1. The molecule has 4 rings (SSSR count). The molecule has 0 spiro atoms. The van der Waals surface area contributed by atoms with E-state index >= 15 is 0 Å². The Kier molecular flexibility index (Phi) is 5.97. The molecule has 4 aromatic rings. The quantitative estimate of drug-likeness (QED) is 0.477. The van der Waals surface area contributed by atoms with Crippen LogP contribution in [0.5, 0.6) is 0 Å². The number of benzene rings is 1. The largest absolute Gasteiger partial charge is 0.395 e. The fourth-order valence-corrected chi connectivity index (χ4v) is 3.78. The molecule has 31 heavy (non-hydrogen) atoms. The maximum atomic E-state index is 13.3. The van der Waals surface area contributed by atoms with Gasteiger partial charge in [0.15, 0.2) is 0 Å². The predicted octanol–water partition coefficient (Wildman–Crippen LogP) is 3.91. The number of nitrogens with zero attached hydrogens (tertiary/aromatic N) is 4. The number of aromatic nitrogens is 4. The minimum Gasteiger partial charge on any atom is -0.395 e. The van der Waals surface area contributed by atoms with Gasteiger partial charge in [-0.3, -0.25) is 14.3 Å². The SMILES string of the molecule is CCn1c(=O)c(-c2ccc(-c3cccc(C)n3)cc2Cl)cc2cnc(NCCO)nc21. The summed E-state index contributed by atoms with van der Waals surface area (Å²) in [4.78, 5) is 26.5. The minimum absolute atomic E-state index is 0.0342. The van der Waals surface area contributed by atoms with Gasteiger partial charge in [0.05, 0.1) is 12.3 Å². The molecule has 0 bridgehead atoms. The van der Waals surface area contributed by atoms with Crippen LogP contribution in [-0.4, -0.2) is 37.8 Å². The van der Waals surface area contributed by atoms with Crippen LogP contribution in [0.15, 0.2) is 53.5 Å². The molecule has 0 fully saturated rings. The summed E-state index contributed by atoms with van der Waals surface area (Å²) in [7, 11) is 0. The van der Waals surface area contributed by atoms with E-state index in [1.165, 1.54) is 0 Å². The Hall–Kier alpha value is -3.29. The summed E-state index contributed by atoms with van der Waals surface area (Å²) in [5.41, 5.74) is 4.13. The van der Waals surface area contributed by atoms with Crippen molar-refractivity contribution in [2.24, 2.45) is 0 Å². The van der Waals surface area contributed by atoms with Gasteiger partial charge in [-0.1, -0.05) is 29.8 Å². The van der Waals surface area contributed by atoms with Crippen molar-refractivity contribution in [3.8, 4) is 22.4 Å². The topological polar surface area (TPSA) is 92.9 Å². The normalized spacial score (nSPS) is 11.1. The van der Waals surface area contributed by atoms with Crippen molar-refractivity contribution in [2.75, 3.05) is 18.5 Å². The second kappa shape index (κ2) is 8.83. The third-order valence-corrected chi connectivity index (χ3v) is 5.29. The molecule has 0 aliphatic heterocycles. The zero-order valence-corrected chi connectivity index (χ0v) is 18.0. The minimum atomic E-state index is -0.176. The third kappa shape index (κ3) is 4.15. The fraction of sp³-hybridized carbons (Fsp3) is 0.217. The molecule has 3 aromatic heterocycles. The number of rotatable bonds is 6. The molecule has 0 saturated heterocycles. The van der Waals surface area contributed by atoms with Gasteiger partial charge >= 0.3 is 0 Å². The smallest absolute Gasteiger partial charge is 0.260 e. The van der Waals surface area contributed by atoms with Crippen molar-refractivity contribution >= 4 is 28.6 Å². The summed E-state index contributed by atoms with van der Waals surface area (Å²) in [5, 5.41) is 13.1. The number of aliphatic hydroxyl groups excluding tert-OH is 1. The summed E-state index contributed by atoms with van der Waals surface area (Å²) in [6, 6.07) is 13.2. The average Bonchev–Trinajstić information content (AvgIpc) is 2.77. The van der Waals surface area contributed by atoms with Gasteiger partial charge in [-0.15, -0.1) is 0 Å². The van der Waals surface area contributed by atoms with E-state index in [4.69, 9.17) is 16.7 Å². The lowest BCUT2D eigenvalue weighted by Gasteiger charge is -2.13. The Morgan fingerprint density at radius 2 is 1.97 bits per heavy atom. The maximum absolute atomic E-state index is 13.3. The first-order chi connectivity index (χ1) is 15.0. The molecule has 0 aliphatic carbocycles. The summed E-state index contributed by atoms with van der Waals surface area (Å²) in [5.74, 6) is 0.365. The number of nitrogens with one attached hydrogen (secondary N) is 1. The number of halogens is 1. The van der Waals surface area contributed by atoms with Gasteiger partial charge in [0.1, 0.15) is 5.65 Å². The van der Waals surface area contributed by atoms with Crippen LogP contribution in [0.25, 0.3) is 33.4 Å². The summed E-state index contributed by atoms with van der Waals surface area (Å²) >= 11 is 6.61. The van der Waals surface area contributed by atoms with Crippen LogP contribution >= 0.6 is 11.6 Å². The van der Waals surface area contributed by atoms with Crippen molar-refractivity contribution in [3.63, 3.8) is 0 Å². The highest BCUT2D eigenvalue weighted by atomic mass is 35.5. The van der Waals surface area contributed by atoms with Gasteiger partial charge in [-0.05, 0) is 38.1 Å². The van der Waals surface area contributed by atoms with Gasteiger partial charge in [-0.25, -0.2) is 4.98 Å². The molecule has 1 aromatic carbocycles. The zero-order valence-electron chi connectivity index (χ0n) is 17.3. The molecule has 0 saturated carbocycles. The van der Waals surface area contributed by atoms with Crippen LogP contribution in [0.3, 0.4) is 0 Å². The Labute approximate surface area is 184 Å². The Bertz CT molecular complexity index is 1320. The molecule has 7 nitrogen and oxygen atoms in total. The fourth-order valence-electron chi connectivity index (χ4n) is 3.49. The number of fused-ring (bicyclic) bond motifs is 1. The number of pyridine rings is 2. The molecule has 0 unspecified atom stereocenters. The number of hydrogen-bond donors (Lipinski definition) is 2. The highest BCUT2D eigenvalue weighted by Crippen LogP contribution is 2.31. The highest BCUT2D eigenvalue weighted by Gasteiger charge is 2.15. The van der Waals surface area contributed by atoms with E-state index in [1.54, 1.807) is 16.8 Å². The molecule has 0 atom stereocenters. The molecular weight excluding hydrogens is 414 g/mol. The van der Waals surface area contributed by atoms with Crippen LogP contribution in [0.4, 0.5) is 5.95 Å². The van der Waals surface area contributed by atoms with E-state index in [9.17, 15) is 4.79 Å². The van der Waals surface area contributed by atoms with Crippen molar-refractivity contribution in [1.82, 2.24) is 19.5 Å². The van der Waals surface area contributed by atoms with Gasteiger partial charge in [0, 0.05) is 52.1 Å². The van der Waals surface area contributed by atoms with Gasteiger partial charge in [-0.2, -0.15) is 4.98 Å². The summed E-state index contributed by atoms with van der Waals surface area (Å²) in [6.45, 7) is 4.57. The summed E-state index contributed by atoms with van der Waals surface area (Å²) in [6.07, 6.45) is 1.66. The number of aryl methyl sites for hydroxylation is 2. The van der Waals surface area contributed by atoms with Crippen LogP contribution in [-0.2, 0) is 6.54 Å². The second-order valence-corrected chi connectivity index (χ2v) is 7.50. The Morgan fingerprint density at radius 1 is 1.13 bits per heavy atom. The zero-order chi connectivity index (χ0) is 22.0.